The maximum Gasteiger partial charge on any atom is 0.262 e. The molecule has 16 nitrogen and oxygen atoms in total. The summed E-state index contributed by atoms with van der Waals surface area (Å²) in [4.78, 5) is 70.2. The number of piperidine rings is 2. The zero-order chi connectivity index (χ0) is 41.9. The van der Waals surface area contributed by atoms with Crippen molar-refractivity contribution in [1.29, 1.82) is 0 Å². The van der Waals surface area contributed by atoms with Crippen molar-refractivity contribution in [1.82, 2.24) is 35.1 Å². The average molecular weight is 813 g/mol. The molecule has 2 aromatic heterocycles. The first-order valence-electron chi connectivity index (χ1n) is 20.5. The van der Waals surface area contributed by atoms with Crippen LogP contribution in [-0.4, -0.2) is 109 Å². The molecule has 16 heteroatoms. The number of pyridine rings is 1. The van der Waals surface area contributed by atoms with Crippen LogP contribution in [0.3, 0.4) is 0 Å². The Morgan fingerprint density at radius 1 is 0.950 bits per heavy atom. The van der Waals surface area contributed by atoms with Crippen molar-refractivity contribution in [2.24, 2.45) is 5.92 Å². The number of amides is 4. The molecular weight excluding hydrogens is 765 g/mol. The molecule has 2 unspecified atom stereocenters. The van der Waals surface area contributed by atoms with Gasteiger partial charge in [0.1, 0.15) is 17.5 Å². The van der Waals surface area contributed by atoms with Gasteiger partial charge in [0.25, 0.3) is 11.8 Å². The zero-order valence-corrected chi connectivity index (χ0v) is 33.6. The van der Waals surface area contributed by atoms with Gasteiger partial charge in [0, 0.05) is 56.1 Å². The number of carbonyl (C=O) groups excluding carboxylic acids is 4. The number of fused-ring (bicyclic) bond motifs is 2. The molecule has 5 aliphatic rings. The number of hydrogen-bond acceptors (Lipinski definition) is 14. The summed E-state index contributed by atoms with van der Waals surface area (Å²) in [6.07, 6.45) is 4.65. The molecule has 7 heterocycles. The van der Waals surface area contributed by atoms with Gasteiger partial charge in [-0.15, -0.1) is 6.58 Å². The van der Waals surface area contributed by atoms with Crippen LogP contribution in [0.15, 0.2) is 79.5 Å². The van der Waals surface area contributed by atoms with Crippen molar-refractivity contribution >= 4 is 52.6 Å². The summed E-state index contributed by atoms with van der Waals surface area (Å²) >= 11 is 0. The molecule has 3 fully saturated rings. The Morgan fingerprint density at radius 3 is 2.42 bits per heavy atom. The molecule has 0 spiro atoms. The van der Waals surface area contributed by atoms with Crippen molar-refractivity contribution < 1.29 is 29.4 Å². The number of imide groups is 2. The first-order valence-corrected chi connectivity index (χ1v) is 20.5. The number of aromatic nitrogens is 3. The van der Waals surface area contributed by atoms with E-state index in [0.717, 1.165) is 61.8 Å². The highest BCUT2D eigenvalue weighted by Gasteiger charge is 2.45. The van der Waals surface area contributed by atoms with Gasteiger partial charge in [0.05, 0.1) is 22.4 Å². The highest BCUT2D eigenvalue weighted by molar-refractivity contribution is 6.23. The highest BCUT2D eigenvalue weighted by atomic mass is 16.3. The lowest BCUT2D eigenvalue weighted by Gasteiger charge is -2.44. The van der Waals surface area contributed by atoms with E-state index in [1.54, 1.807) is 54.3 Å². The second-order valence-corrected chi connectivity index (χ2v) is 16.8. The third-order valence-corrected chi connectivity index (χ3v) is 12.2. The summed E-state index contributed by atoms with van der Waals surface area (Å²) in [7, 11) is 0. The van der Waals surface area contributed by atoms with Crippen LogP contribution in [-0.2, 0) is 15.2 Å². The predicted octanol–water partition coefficient (Wildman–Crippen LogP) is 4.11. The first-order chi connectivity index (χ1) is 28.9. The van der Waals surface area contributed by atoms with Gasteiger partial charge < -0.3 is 25.3 Å². The van der Waals surface area contributed by atoms with Crippen molar-refractivity contribution in [3.63, 3.8) is 0 Å². The number of aliphatic hydroxyl groups excluding tert-OH is 1. The predicted molar refractivity (Wildman–Crippen MR) is 222 cm³/mol. The van der Waals surface area contributed by atoms with E-state index in [9.17, 15) is 29.4 Å². The third-order valence-electron chi connectivity index (χ3n) is 12.2. The number of benzene rings is 2. The van der Waals surface area contributed by atoms with Gasteiger partial charge in [-0.3, -0.25) is 29.4 Å². The fourth-order valence-corrected chi connectivity index (χ4v) is 8.96. The summed E-state index contributed by atoms with van der Waals surface area (Å²) in [6, 6.07) is 18.1. The zero-order valence-electron chi connectivity index (χ0n) is 33.6. The van der Waals surface area contributed by atoms with E-state index in [-0.39, 0.29) is 12.8 Å². The van der Waals surface area contributed by atoms with Crippen LogP contribution in [0.5, 0.6) is 0 Å². The molecule has 4 N–H and O–H groups in total. The monoisotopic (exact) mass is 812 g/mol. The van der Waals surface area contributed by atoms with Crippen molar-refractivity contribution in [2.45, 2.75) is 63.3 Å². The number of nitrogens with zero attached hydrogens (tertiary/aromatic N) is 8. The van der Waals surface area contributed by atoms with Crippen LogP contribution >= 0.6 is 0 Å². The van der Waals surface area contributed by atoms with E-state index in [2.05, 4.69) is 44.1 Å². The fraction of sp³-hybridized carbons (Fsp3) is 0.386. The smallest absolute Gasteiger partial charge is 0.262 e. The fourth-order valence-electron chi connectivity index (χ4n) is 8.96. The van der Waals surface area contributed by atoms with Crippen LogP contribution in [0, 0.1) is 5.92 Å². The molecule has 4 amide bonds. The van der Waals surface area contributed by atoms with Crippen LogP contribution in [0.2, 0.25) is 0 Å². The van der Waals surface area contributed by atoms with Gasteiger partial charge in [0.2, 0.25) is 17.8 Å². The molecule has 60 heavy (non-hydrogen) atoms. The number of aliphatic hydroxyl groups is 2. The van der Waals surface area contributed by atoms with Crippen LogP contribution in [0.4, 0.5) is 29.0 Å². The lowest BCUT2D eigenvalue weighted by Crippen LogP contribution is -2.54. The maximum atomic E-state index is 13.3. The Morgan fingerprint density at radius 2 is 1.70 bits per heavy atom. The minimum atomic E-state index is -1.16. The molecule has 0 saturated carbocycles. The second kappa shape index (κ2) is 15.5. The number of likely N-dealkylation sites (tertiary alicyclic amines) is 1. The van der Waals surface area contributed by atoms with E-state index in [0.29, 0.717) is 58.3 Å². The van der Waals surface area contributed by atoms with Gasteiger partial charge in [-0.1, -0.05) is 24.3 Å². The largest absolute Gasteiger partial charge is 0.384 e. The molecule has 3 saturated heterocycles. The standard InChI is InChI=1S/C44H48N10O6/c1-4-18-52-40(57)33-22-45-43(49-38(33)54(52)36-7-5-6-35(47-36)44(2,3)60)46-29-10-8-27(9-11-29)28-16-19-50(20-17-28)23-26-24-51(25-26)30-12-13-31-32(21-30)42(59)53(41(31)58)34-14-15-37(55)48-39(34)56/h4-13,21-22,26,28,34,40,57,60H,1,14-20,23-25H2,2-3H3,(H,45,46,49)(H,48,55,56). The van der Waals surface area contributed by atoms with E-state index in [1.165, 1.54) is 5.56 Å². The highest BCUT2D eigenvalue weighted by Crippen LogP contribution is 2.42. The van der Waals surface area contributed by atoms with Crippen LogP contribution in [0.1, 0.15) is 89.2 Å². The number of hydrazine groups is 1. The molecule has 2 aromatic carbocycles. The quantitative estimate of drug-likeness (QED) is 0.125. The van der Waals surface area contributed by atoms with Crippen molar-refractivity contribution in [3.8, 4) is 0 Å². The number of rotatable bonds is 11. The molecule has 310 valence electrons. The molecule has 5 aliphatic heterocycles. The van der Waals surface area contributed by atoms with Crippen LogP contribution < -0.4 is 20.5 Å². The van der Waals surface area contributed by atoms with E-state index in [1.807, 2.05) is 30.3 Å². The summed E-state index contributed by atoms with van der Waals surface area (Å²) in [5.74, 6) is 0.323. The molecular formula is C44H48N10O6. The number of nitrogens with one attached hydrogen (secondary N) is 2. The third kappa shape index (κ3) is 7.29. The molecule has 4 aromatic rings. The summed E-state index contributed by atoms with van der Waals surface area (Å²) in [5, 5.41) is 30.8. The molecule has 0 bridgehead atoms. The first kappa shape index (κ1) is 39.4. The summed E-state index contributed by atoms with van der Waals surface area (Å²) in [5.41, 5.74) is 3.48. The number of anilines is 5. The molecule has 0 aliphatic carbocycles. The van der Waals surface area contributed by atoms with Gasteiger partial charge in [-0.25, -0.2) is 15.0 Å². The lowest BCUT2D eigenvalue weighted by molar-refractivity contribution is -0.136. The van der Waals surface area contributed by atoms with Crippen LogP contribution in [0.25, 0.3) is 0 Å². The Kier molecular flexibility index (Phi) is 10.2. The van der Waals surface area contributed by atoms with Crippen molar-refractivity contribution in [3.05, 3.63) is 107 Å². The summed E-state index contributed by atoms with van der Waals surface area (Å²) < 4.78 is 0. The molecule has 0 radical (unpaired) electrons. The number of hydrogen-bond donors (Lipinski definition) is 4. The maximum absolute atomic E-state index is 13.3. The Hall–Kier alpha value is -6.07. The minimum absolute atomic E-state index is 0.0902. The van der Waals surface area contributed by atoms with Gasteiger partial charge in [-0.2, -0.15) is 9.99 Å². The topological polar surface area (TPSA) is 188 Å². The molecule has 9 rings (SSSR count). The second-order valence-electron chi connectivity index (χ2n) is 16.8. The van der Waals surface area contributed by atoms with Crippen molar-refractivity contribution in [2.75, 3.05) is 54.5 Å². The van der Waals surface area contributed by atoms with Gasteiger partial charge in [-0.05, 0) is 100 Å². The lowest BCUT2D eigenvalue weighted by atomic mass is 9.88. The molecule has 2 atom stereocenters. The van der Waals surface area contributed by atoms with E-state index < -0.39 is 41.5 Å². The van der Waals surface area contributed by atoms with E-state index >= 15 is 0 Å². The van der Waals surface area contributed by atoms with Gasteiger partial charge in [0.15, 0.2) is 12.0 Å². The number of carbonyl (C=O) groups is 4. The average Bonchev–Trinajstić information content (AvgIpc) is 3.63. The SMILES string of the molecule is C=CCN1C(O)c2cnc(Nc3ccc(C4CCN(CC5CN(c6ccc7c(c6)C(=O)N(C6CCC(=O)NC6=O)C7=O)C5)CC4)cc3)nc2N1c1cccc(C(C)(C)O)n1. The Bertz CT molecular complexity index is 2370. The Balaban J connectivity index is 0.777. The normalized spacial score (nSPS) is 21.6. The minimum Gasteiger partial charge on any atom is -0.384 e. The van der Waals surface area contributed by atoms with Gasteiger partial charge >= 0.3 is 0 Å². The summed E-state index contributed by atoms with van der Waals surface area (Å²) in [6.45, 7) is 12.3. The Labute approximate surface area is 347 Å². The van der Waals surface area contributed by atoms with E-state index in [4.69, 9.17) is 9.97 Å².